The number of aryl methyl sites for hydroxylation is 1. The van der Waals surface area contributed by atoms with Gasteiger partial charge in [-0.15, -0.1) is 0 Å². The molecule has 2 rings (SSSR count). The van der Waals surface area contributed by atoms with Crippen LogP contribution in [0, 0.1) is 6.92 Å². The molecule has 0 aromatic heterocycles. The second-order valence-corrected chi connectivity index (χ2v) is 6.41. The Morgan fingerprint density at radius 3 is 2.43 bits per heavy atom. The van der Waals surface area contributed by atoms with E-state index in [0.717, 1.165) is 15.8 Å². The van der Waals surface area contributed by atoms with Gasteiger partial charge in [-0.2, -0.15) is 0 Å². The molecule has 0 bridgehead atoms. The topological polar surface area (TPSA) is 35.2 Å². The third-order valence-electron chi connectivity index (χ3n) is 3.53. The van der Waals surface area contributed by atoms with Crippen molar-refractivity contribution in [3.63, 3.8) is 0 Å². The smallest absolute Gasteiger partial charge is 0.137 e. The summed E-state index contributed by atoms with van der Waals surface area (Å²) in [5.41, 5.74) is 9.43. The second kappa shape index (κ2) is 7.10. The van der Waals surface area contributed by atoms with E-state index in [2.05, 4.69) is 54.9 Å². The van der Waals surface area contributed by atoms with Gasteiger partial charge in [0.2, 0.25) is 0 Å². The van der Waals surface area contributed by atoms with E-state index < -0.39 is 0 Å². The van der Waals surface area contributed by atoms with Gasteiger partial charge in [0, 0.05) is 16.6 Å². The highest BCUT2D eigenvalue weighted by Crippen LogP contribution is 2.33. The predicted octanol–water partition coefficient (Wildman–Crippen LogP) is 4.96. The molecular formula is C18H22BrNO. The zero-order valence-corrected chi connectivity index (χ0v) is 14.4. The molecule has 0 radical (unpaired) electrons. The summed E-state index contributed by atoms with van der Waals surface area (Å²) < 4.78 is 7.28. The van der Waals surface area contributed by atoms with Gasteiger partial charge in [-0.1, -0.05) is 60.1 Å². The van der Waals surface area contributed by atoms with E-state index in [1.54, 1.807) is 0 Å². The van der Waals surface area contributed by atoms with E-state index in [1.807, 2.05) is 24.3 Å². The van der Waals surface area contributed by atoms with E-state index in [1.165, 1.54) is 11.1 Å². The first-order valence-electron chi connectivity index (χ1n) is 7.24. The zero-order chi connectivity index (χ0) is 15.4. The fourth-order valence-corrected chi connectivity index (χ4v) is 2.89. The largest absolute Gasteiger partial charge is 0.484 e. The first kappa shape index (κ1) is 16.1. The van der Waals surface area contributed by atoms with Crippen LogP contribution in [0.5, 0.6) is 5.75 Å². The monoisotopic (exact) mass is 347 g/mol. The summed E-state index contributed by atoms with van der Waals surface area (Å²) in [5, 5.41) is 0. The molecule has 2 N–H and O–H groups in total. The number of ether oxygens (including phenoxy) is 1. The summed E-state index contributed by atoms with van der Waals surface area (Å²) in [6, 6.07) is 14.4. The lowest BCUT2D eigenvalue weighted by molar-refractivity contribution is 0.210. The Balaban J connectivity index is 2.35. The Morgan fingerprint density at radius 2 is 1.81 bits per heavy atom. The summed E-state index contributed by atoms with van der Waals surface area (Å²) >= 11 is 3.58. The molecule has 0 saturated heterocycles. The fraction of sp³-hybridized carbons (Fsp3) is 0.333. The lowest BCUT2D eigenvalue weighted by Gasteiger charge is -2.22. The van der Waals surface area contributed by atoms with Crippen molar-refractivity contribution >= 4 is 15.9 Å². The molecule has 0 fully saturated rings. The average molecular weight is 348 g/mol. The molecule has 1 atom stereocenters. The number of hydrogen-bond donors (Lipinski definition) is 1. The molecule has 0 aliphatic carbocycles. The average Bonchev–Trinajstić information content (AvgIpc) is 2.45. The summed E-state index contributed by atoms with van der Waals surface area (Å²) in [5.74, 6) is 1.34. The molecule has 0 spiro atoms. The second-order valence-electron chi connectivity index (χ2n) is 5.56. The highest BCUT2D eigenvalue weighted by atomic mass is 79.9. The van der Waals surface area contributed by atoms with E-state index >= 15 is 0 Å². The van der Waals surface area contributed by atoms with Crippen LogP contribution in [-0.2, 0) is 0 Å². The molecule has 21 heavy (non-hydrogen) atoms. The SMILES string of the molecule is Cc1ccc(C(C)C)c(OC(CN)c2ccccc2Br)c1. The third-order valence-corrected chi connectivity index (χ3v) is 4.25. The van der Waals surface area contributed by atoms with Gasteiger partial charge in [0.25, 0.3) is 0 Å². The number of nitrogens with two attached hydrogens (primary N) is 1. The Kier molecular flexibility index (Phi) is 5.43. The molecule has 3 heteroatoms. The summed E-state index contributed by atoms with van der Waals surface area (Å²) in [6.07, 6.45) is -0.153. The molecule has 0 amide bonds. The Morgan fingerprint density at radius 1 is 1.10 bits per heavy atom. The molecule has 2 aromatic rings. The normalized spacial score (nSPS) is 12.5. The third kappa shape index (κ3) is 3.86. The van der Waals surface area contributed by atoms with Crippen LogP contribution in [-0.4, -0.2) is 6.54 Å². The number of halogens is 1. The van der Waals surface area contributed by atoms with Crippen LogP contribution in [0.4, 0.5) is 0 Å². The van der Waals surface area contributed by atoms with Crippen LogP contribution < -0.4 is 10.5 Å². The molecule has 0 aliphatic heterocycles. The lowest BCUT2D eigenvalue weighted by Crippen LogP contribution is -2.19. The van der Waals surface area contributed by atoms with Crippen molar-refractivity contribution in [2.24, 2.45) is 5.73 Å². The maximum Gasteiger partial charge on any atom is 0.137 e. The van der Waals surface area contributed by atoms with Crippen LogP contribution in [0.25, 0.3) is 0 Å². The fourth-order valence-electron chi connectivity index (χ4n) is 2.35. The number of benzene rings is 2. The Labute approximate surface area is 135 Å². The number of rotatable bonds is 5. The molecule has 0 heterocycles. The number of hydrogen-bond acceptors (Lipinski definition) is 2. The Hall–Kier alpha value is -1.32. The first-order chi connectivity index (χ1) is 10.0. The highest BCUT2D eigenvalue weighted by molar-refractivity contribution is 9.10. The van der Waals surface area contributed by atoms with Crippen molar-refractivity contribution in [2.75, 3.05) is 6.54 Å². The zero-order valence-electron chi connectivity index (χ0n) is 12.8. The summed E-state index contributed by atoms with van der Waals surface area (Å²) in [7, 11) is 0. The molecule has 0 aliphatic rings. The molecule has 0 saturated carbocycles. The van der Waals surface area contributed by atoms with Crippen molar-refractivity contribution < 1.29 is 4.74 Å². The van der Waals surface area contributed by atoms with Gasteiger partial charge in [-0.3, -0.25) is 0 Å². The van der Waals surface area contributed by atoms with Crippen molar-refractivity contribution in [1.29, 1.82) is 0 Å². The van der Waals surface area contributed by atoms with E-state index in [9.17, 15) is 0 Å². The van der Waals surface area contributed by atoms with Gasteiger partial charge in [-0.25, -0.2) is 0 Å². The predicted molar refractivity (Wildman–Crippen MR) is 91.8 cm³/mol. The molecule has 2 aromatic carbocycles. The minimum atomic E-state index is -0.153. The van der Waals surface area contributed by atoms with E-state index in [0.29, 0.717) is 12.5 Å². The van der Waals surface area contributed by atoms with Gasteiger partial charge in [0.05, 0.1) is 0 Å². The van der Waals surface area contributed by atoms with Gasteiger partial charge in [0.1, 0.15) is 11.9 Å². The van der Waals surface area contributed by atoms with Crippen molar-refractivity contribution in [1.82, 2.24) is 0 Å². The van der Waals surface area contributed by atoms with Gasteiger partial charge in [0.15, 0.2) is 0 Å². The van der Waals surface area contributed by atoms with E-state index in [4.69, 9.17) is 10.5 Å². The molecule has 2 nitrogen and oxygen atoms in total. The van der Waals surface area contributed by atoms with Gasteiger partial charge >= 0.3 is 0 Å². The summed E-state index contributed by atoms with van der Waals surface area (Å²) in [4.78, 5) is 0. The van der Waals surface area contributed by atoms with Crippen molar-refractivity contribution in [3.8, 4) is 5.75 Å². The van der Waals surface area contributed by atoms with Gasteiger partial charge in [-0.05, 0) is 36.1 Å². The van der Waals surface area contributed by atoms with Crippen LogP contribution in [0.15, 0.2) is 46.9 Å². The Bertz CT molecular complexity index is 610. The van der Waals surface area contributed by atoms with Crippen LogP contribution in [0.1, 0.15) is 42.6 Å². The molecule has 112 valence electrons. The van der Waals surface area contributed by atoms with Crippen LogP contribution in [0.2, 0.25) is 0 Å². The van der Waals surface area contributed by atoms with Gasteiger partial charge < -0.3 is 10.5 Å². The van der Waals surface area contributed by atoms with Crippen molar-refractivity contribution in [3.05, 3.63) is 63.6 Å². The maximum atomic E-state index is 6.25. The maximum absolute atomic E-state index is 6.25. The quantitative estimate of drug-likeness (QED) is 0.829. The standard InChI is InChI=1S/C18H22BrNO/c1-12(2)14-9-8-13(3)10-17(14)21-18(11-20)15-6-4-5-7-16(15)19/h4-10,12,18H,11,20H2,1-3H3. The van der Waals surface area contributed by atoms with Crippen molar-refractivity contribution in [2.45, 2.75) is 32.8 Å². The van der Waals surface area contributed by atoms with E-state index in [-0.39, 0.29) is 6.10 Å². The van der Waals surface area contributed by atoms with Crippen LogP contribution in [0.3, 0.4) is 0 Å². The lowest BCUT2D eigenvalue weighted by atomic mass is 10.0. The molecule has 1 unspecified atom stereocenters. The molecular weight excluding hydrogens is 326 g/mol. The minimum Gasteiger partial charge on any atom is -0.484 e. The summed E-state index contributed by atoms with van der Waals surface area (Å²) in [6.45, 7) is 6.86. The minimum absolute atomic E-state index is 0.153. The highest BCUT2D eigenvalue weighted by Gasteiger charge is 2.17. The first-order valence-corrected chi connectivity index (χ1v) is 8.04. The van der Waals surface area contributed by atoms with Crippen LogP contribution >= 0.6 is 15.9 Å².